The largest absolute Gasteiger partial charge is 0.339 e. The van der Waals surface area contributed by atoms with Crippen molar-refractivity contribution in [2.24, 2.45) is 17.8 Å². The molecule has 2 bridgehead atoms. The number of hydrogen-bond donors (Lipinski definition) is 0. The van der Waals surface area contributed by atoms with Gasteiger partial charge in [-0.1, -0.05) is 25.7 Å². The van der Waals surface area contributed by atoms with Crippen molar-refractivity contribution in [3.8, 4) is 0 Å². The van der Waals surface area contributed by atoms with Gasteiger partial charge in [-0.25, -0.2) is 0 Å². The number of amides is 1. The van der Waals surface area contributed by atoms with Gasteiger partial charge in [0.05, 0.1) is 0 Å². The van der Waals surface area contributed by atoms with Crippen molar-refractivity contribution >= 4 is 17.5 Å². The third-order valence-corrected chi connectivity index (χ3v) is 6.15. The van der Waals surface area contributed by atoms with Crippen LogP contribution in [0.15, 0.2) is 0 Å². The zero-order chi connectivity index (χ0) is 13.9. The van der Waals surface area contributed by atoms with Crippen LogP contribution in [-0.2, 0) is 4.79 Å². The van der Waals surface area contributed by atoms with Crippen LogP contribution < -0.4 is 0 Å². The smallest absolute Gasteiger partial charge is 0.223 e. The van der Waals surface area contributed by atoms with Gasteiger partial charge < -0.3 is 4.90 Å². The molecule has 0 aromatic carbocycles. The van der Waals surface area contributed by atoms with Crippen molar-refractivity contribution in [1.29, 1.82) is 0 Å². The van der Waals surface area contributed by atoms with Gasteiger partial charge in [0, 0.05) is 24.9 Å². The van der Waals surface area contributed by atoms with Crippen LogP contribution in [0.25, 0.3) is 0 Å². The Kier molecular flexibility index (Phi) is 4.91. The van der Waals surface area contributed by atoms with Gasteiger partial charge in [0.15, 0.2) is 0 Å². The Labute approximate surface area is 128 Å². The summed E-state index contributed by atoms with van der Waals surface area (Å²) in [5.74, 6) is 3.46. The minimum Gasteiger partial charge on any atom is -0.339 e. The number of hydrogen-bond acceptors (Lipinski definition) is 1. The number of carbonyl (C=O) groups excluding carboxylic acids is 1. The van der Waals surface area contributed by atoms with E-state index in [1.807, 2.05) is 0 Å². The van der Waals surface area contributed by atoms with Crippen LogP contribution in [0.5, 0.6) is 0 Å². The summed E-state index contributed by atoms with van der Waals surface area (Å²) in [6.45, 7) is 0.756. The van der Waals surface area contributed by atoms with Crippen molar-refractivity contribution in [3.63, 3.8) is 0 Å². The predicted molar refractivity (Wildman–Crippen MR) is 82.9 cm³/mol. The molecule has 3 heteroatoms. The van der Waals surface area contributed by atoms with E-state index in [2.05, 4.69) is 4.90 Å². The van der Waals surface area contributed by atoms with Crippen LogP contribution in [0.1, 0.15) is 64.2 Å². The maximum Gasteiger partial charge on any atom is 0.223 e. The molecule has 0 radical (unpaired) electrons. The fourth-order valence-corrected chi connectivity index (χ4v) is 5.14. The minimum atomic E-state index is 0.398. The molecule has 3 fully saturated rings. The Hall–Kier alpha value is -0.240. The lowest BCUT2D eigenvalue weighted by molar-refractivity contribution is -0.135. The standard InChI is InChI=1S/C17H28ClNO/c18-8-9-19(16-4-2-1-3-5-16)17(20)12-15-11-13-6-7-14(15)10-13/h13-16H,1-12H2. The average molecular weight is 298 g/mol. The number of halogens is 1. The molecule has 3 atom stereocenters. The van der Waals surface area contributed by atoms with Gasteiger partial charge in [-0.2, -0.15) is 0 Å². The molecule has 3 unspecified atom stereocenters. The molecule has 0 N–H and O–H groups in total. The van der Waals surface area contributed by atoms with Crippen molar-refractivity contribution in [3.05, 3.63) is 0 Å². The Bertz CT molecular complexity index is 340. The third-order valence-electron chi connectivity index (χ3n) is 5.98. The molecule has 3 aliphatic carbocycles. The number of rotatable bonds is 5. The van der Waals surface area contributed by atoms with Gasteiger partial charge in [-0.3, -0.25) is 4.79 Å². The van der Waals surface area contributed by atoms with Crippen LogP contribution in [0, 0.1) is 17.8 Å². The summed E-state index contributed by atoms with van der Waals surface area (Å²) in [6.07, 6.45) is 12.6. The van der Waals surface area contributed by atoms with Crippen molar-refractivity contribution in [2.75, 3.05) is 12.4 Å². The Morgan fingerprint density at radius 2 is 1.85 bits per heavy atom. The first-order chi connectivity index (χ1) is 9.78. The van der Waals surface area contributed by atoms with E-state index in [-0.39, 0.29) is 0 Å². The molecule has 0 heterocycles. The van der Waals surface area contributed by atoms with E-state index >= 15 is 0 Å². The summed E-state index contributed by atoms with van der Waals surface area (Å²) < 4.78 is 0. The lowest BCUT2D eigenvalue weighted by Gasteiger charge is -2.35. The molecule has 2 nitrogen and oxygen atoms in total. The first kappa shape index (κ1) is 14.7. The zero-order valence-electron chi connectivity index (χ0n) is 12.5. The van der Waals surface area contributed by atoms with E-state index in [1.165, 1.54) is 57.8 Å². The molecule has 1 amide bonds. The Balaban J connectivity index is 1.57. The fourth-order valence-electron chi connectivity index (χ4n) is 4.96. The van der Waals surface area contributed by atoms with Crippen LogP contribution in [0.2, 0.25) is 0 Å². The highest BCUT2D eigenvalue weighted by molar-refractivity contribution is 6.18. The normalized spacial score (nSPS) is 33.5. The van der Waals surface area contributed by atoms with Crippen LogP contribution in [0.3, 0.4) is 0 Å². The molecule has 3 aliphatic rings. The lowest BCUT2D eigenvalue weighted by Crippen LogP contribution is -2.43. The summed E-state index contributed by atoms with van der Waals surface area (Å²) in [4.78, 5) is 14.9. The number of fused-ring (bicyclic) bond motifs is 2. The first-order valence-electron chi connectivity index (χ1n) is 8.63. The lowest BCUT2D eigenvalue weighted by atomic mass is 9.85. The Morgan fingerprint density at radius 1 is 1.05 bits per heavy atom. The van der Waals surface area contributed by atoms with Gasteiger partial charge in [-0.15, -0.1) is 11.6 Å². The Morgan fingerprint density at radius 3 is 2.45 bits per heavy atom. The van der Waals surface area contributed by atoms with Gasteiger partial charge in [0.2, 0.25) is 5.91 Å². The van der Waals surface area contributed by atoms with Gasteiger partial charge in [0.1, 0.15) is 0 Å². The molecule has 0 aromatic heterocycles. The summed E-state index contributed by atoms with van der Waals surface area (Å²) in [5.41, 5.74) is 0. The second-order valence-electron chi connectivity index (χ2n) is 7.21. The second kappa shape index (κ2) is 6.68. The maximum atomic E-state index is 12.7. The molecule has 0 aromatic rings. The molecule has 0 aliphatic heterocycles. The summed E-state index contributed by atoms with van der Waals surface area (Å²) in [5, 5.41) is 0. The number of alkyl halides is 1. The van der Waals surface area contributed by atoms with Crippen LogP contribution in [0.4, 0.5) is 0 Å². The van der Waals surface area contributed by atoms with Crippen molar-refractivity contribution in [2.45, 2.75) is 70.3 Å². The third kappa shape index (κ3) is 3.16. The van der Waals surface area contributed by atoms with Gasteiger partial charge in [0.25, 0.3) is 0 Å². The van der Waals surface area contributed by atoms with Crippen molar-refractivity contribution in [1.82, 2.24) is 4.90 Å². The summed E-state index contributed by atoms with van der Waals surface area (Å²) >= 11 is 5.95. The number of carbonyl (C=O) groups is 1. The molecular formula is C17H28ClNO. The highest BCUT2D eigenvalue weighted by atomic mass is 35.5. The molecule has 0 spiro atoms. The zero-order valence-corrected chi connectivity index (χ0v) is 13.3. The quantitative estimate of drug-likeness (QED) is 0.696. The molecule has 20 heavy (non-hydrogen) atoms. The average Bonchev–Trinajstić information content (AvgIpc) is 3.08. The van der Waals surface area contributed by atoms with Crippen molar-refractivity contribution < 1.29 is 4.79 Å². The highest BCUT2D eigenvalue weighted by Crippen LogP contribution is 2.49. The minimum absolute atomic E-state index is 0.398. The number of nitrogens with zero attached hydrogens (tertiary/aromatic N) is 1. The first-order valence-corrected chi connectivity index (χ1v) is 9.17. The van der Waals surface area contributed by atoms with Crippen LogP contribution in [-0.4, -0.2) is 29.3 Å². The molecule has 3 saturated carbocycles. The van der Waals surface area contributed by atoms with E-state index in [0.717, 1.165) is 24.8 Å². The van der Waals surface area contributed by atoms with E-state index in [4.69, 9.17) is 11.6 Å². The SMILES string of the molecule is O=C(CC1CC2CCC1C2)N(CCCl)C1CCCCC1. The fraction of sp³-hybridized carbons (Fsp3) is 0.941. The topological polar surface area (TPSA) is 20.3 Å². The van der Waals surface area contributed by atoms with Gasteiger partial charge in [-0.05, 0) is 49.9 Å². The summed E-state index contributed by atoms with van der Waals surface area (Å²) in [7, 11) is 0. The predicted octanol–water partition coefficient (Wildman–Crippen LogP) is 4.21. The summed E-state index contributed by atoms with van der Waals surface area (Å²) in [6, 6.07) is 0.480. The monoisotopic (exact) mass is 297 g/mol. The molecule has 3 rings (SSSR count). The molecular weight excluding hydrogens is 270 g/mol. The van der Waals surface area contributed by atoms with E-state index in [0.29, 0.717) is 23.7 Å². The van der Waals surface area contributed by atoms with Gasteiger partial charge >= 0.3 is 0 Å². The van der Waals surface area contributed by atoms with Crippen LogP contribution >= 0.6 is 11.6 Å². The maximum absolute atomic E-state index is 12.7. The second-order valence-corrected chi connectivity index (χ2v) is 7.58. The van der Waals surface area contributed by atoms with E-state index < -0.39 is 0 Å². The van der Waals surface area contributed by atoms with E-state index in [9.17, 15) is 4.79 Å². The molecule has 114 valence electrons. The molecule has 0 saturated heterocycles. The highest BCUT2D eigenvalue weighted by Gasteiger charge is 2.41. The van der Waals surface area contributed by atoms with E-state index in [1.54, 1.807) is 0 Å².